The molecule has 0 aliphatic carbocycles. The summed E-state index contributed by atoms with van der Waals surface area (Å²) in [5, 5.41) is 10.7. The molecule has 4 nitrogen and oxygen atoms in total. The van der Waals surface area contributed by atoms with Gasteiger partial charge in [0.25, 0.3) is 5.91 Å². The third-order valence-corrected chi connectivity index (χ3v) is 3.56. The van der Waals surface area contributed by atoms with E-state index in [4.69, 9.17) is 5.11 Å². The number of aliphatic hydroxyl groups excluding tert-OH is 1. The summed E-state index contributed by atoms with van der Waals surface area (Å²) in [5.74, 6) is 5.85. The van der Waals surface area contributed by atoms with Crippen LogP contribution < -0.4 is 5.43 Å². The lowest BCUT2D eigenvalue weighted by Crippen LogP contribution is -2.45. The maximum atomic E-state index is 12.2. The van der Waals surface area contributed by atoms with Crippen molar-refractivity contribution in [2.45, 2.75) is 32.6 Å². The van der Waals surface area contributed by atoms with Gasteiger partial charge >= 0.3 is 0 Å². The Kier molecular flexibility index (Phi) is 5.79. The second-order valence-corrected chi connectivity index (χ2v) is 5.29. The maximum absolute atomic E-state index is 12.2. The number of amides is 1. The van der Waals surface area contributed by atoms with E-state index in [0.717, 1.165) is 37.1 Å². The molecule has 4 heteroatoms. The number of hydrazine groups is 1. The van der Waals surface area contributed by atoms with Gasteiger partial charge in [-0.25, -0.2) is 5.01 Å². The Bertz CT molecular complexity index is 552. The first-order valence-electron chi connectivity index (χ1n) is 7.47. The average molecular weight is 286 g/mol. The Morgan fingerprint density at radius 1 is 1.33 bits per heavy atom. The van der Waals surface area contributed by atoms with Crippen LogP contribution in [-0.2, 0) is 0 Å². The third kappa shape index (κ3) is 4.59. The first-order chi connectivity index (χ1) is 10.2. The van der Waals surface area contributed by atoms with Gasteiger partial charge in [-0.2, -0.15) is 0 Å². The van der Waals surface area contributed by atoms with Crippen molar-refractivity contribution in [1.29, 1.82) is 0 Å². The number of hydrogen-bond donors (Lipinski definition) is 2. The molecular weight excluding hydrogens is 264 g/mol. The molecule has 1 aliphatic heterocycles. The summed E-state index contributed by atoms with van der Waals surface area (Å²) in [6, 6.07) is 5.53. The van der Waals surface area contributed by atoms with Crippen LogP contribution in [0.4, 0.5) is 0 Å². The number of aliphatic hydroxyl groups is 1. The highest BCUT2D eigenvalue weighted by Gasteiger charge is 2.14. The van der Waals surface area contributed by atoms with Crippen LogP contribution in [0.3, 0.4) is 0 Å². The summed E-state index contributed by atoms with van der Waals surface area (Å²) in [6.07, 6.45) is 3.99. The van der Waals surface area contributed by atoms with Crippen molar-refractivity contribution in [2.24, 2.45) is 0 Å². The van der Waals surface area contributed by atoms with Crippen molar-refractivity contribution < 1.29 is 9.90 Å². The Morgan fingerprint density at radius 3 is 2.76 bits per heavy atom. The Balaban J connectivity index is 2.01. The number of rotatable bonds is 3. The van der Waals surface area contributed by atoms with Gasteiger partial charge in [0, 0.05) is 30.6 Å². The van der Waals surface area contributed by atoms with E-state index in [1.807, 2.05) is 24.1 Å². The molecule has 1 amide bonds. The number of aryl methyl sites for hydroxylation is 1. The standard InChI is InChI=1S/C17H22N2O2/c1-14-13-16(9-8-15(14)7-3-6-12-20)17(21)18-19-10-4-2-5-11-19/h8-9,13,20H,2,4-6,10-12H2,1H3,(H,18,21). The fourth-order valence-electron chi connectivity index (χ4n) is 2.37. The van der Waals surface area contributed by atoms with Crippen molar-refractivity contribution in [2.75, 3.05) is 19.7 Å². The van der Waals surface area contributed by atoms with E-state index in [1.165, 1.54) is 6.42 Å². The Hall–Kier alpha value is -1.83. The highest BCUT2D eigenvalue weighted by atomic mass is 16.2. The topological polar surface area (TPSA) is 52.6 Å². The van der Waals surface area contributed by atoms with E-state index in [0.29, 0.717) is 12.0 Å². The van der Waals surface area contributed by atoms with Gasteiger partial charge in [-0.3, -0.25) is 10.2 Å². The number of piperidine rings is 1. The van der Waals surface area contributed by atoms with Gasteiger partial charge in [-0.15, -0.1) is 0 Å². The molecule has 0 saturated carbocycles. The molecule has 1 saturated heterocycles. The molecule has 0 spiro atoms. The van der Waals surface area contributed by atoms with Crippen LogP contribution in [0.1, 0.15) is 47.2 Å². The van der Waals surface area contributed by atoms with Crippen LogP contribution in [0.5, 0.6) is 0 Å². The quantitative estimate of drug-likeness (QED) is 0.834. The molecule has 1 heterocycles. The molecule has 1 aliphatic rings. The summed E-state index contributed by atoms with van der Waals surface area (Å²) < 4.78 is 0. The number of nitrogens with zero attached hydrogens (tertiary/aromatic N) is 1. The number of carbonyl (C=O) groups excluding carboxylic acids is 1. The van der Waals surface area contributed by atoms with Crippen molar-refractivity contribution in [3.8, 4) is 11.8 Å². The van der Waals surface area contributed by atoms with Crippen LogP contribution >= 0.6 is 0 Å². The fraction of sp³-hybridized carbons (Fsp3) is 0.471. The van der Waals surface area contributed by atoms with E-state index in [2.05, 4.69) is 17.3 Å². The van der Waals surface area contributed by atoms with Crippen LogP contribution in [0.15, 0.2) is 18.2 Å². The van der Waals surface area contributed by atoms with Crippen LogP contribution in [0.2, 0.25) is 0 Å². The molecule has 2 N–H and O–H groups in total. The summed E-state index contributed by atoms with van der Waals surface area (Å²) in [6.45, 7) is 3.87. The van der Waals surface area contributed by atoms with Crippen LogP contribution in [-0.4, -0.2) is 35.7 Å². The highest BCUT2D eigenvalue weighted by Crippen LogP contribution is 2.11. The molecule has 1 fully saturated rings. The Morgan fingerprint density at radius 2 is 2.10 bits per heavy atom. The normalized spacial score (nSPS) is 15.1. The van der Waals surface area contributed by atoms with Crippen LogP contribution in [0.25, 0.3) is 0 Å². The zero-order valence-corrected chi connectivity index (χ0v) is 12.5. The van der Waals surface area contributed by atoms with E-state index >= 15 is 0 Å². The average Bonchev–Trinajstić information content (AvgIpc) is 2.50. The predicted octanol–water partition coefficient (Wildman–Crippen LogP) is 1.86. The lowest BCUT2D eigenvalue weighted by Gasteiger charge is -2.26. The largest absolute Gasteiger partial charge is 0.395 e. The molecular formula is C17H22N2O2. The lowest BCUT2D eigenvalue weighted by molar-refractivity contribution is 0.0750. The van der Waals surface area contributed by atoms with E-state index in [-0.39, 0.29) is 12.5 Å². The zero-order valence-electron chi connectivity index (χ0n) is 12.5. The number of carbonyl (C=O) groups is 1. The molecule has 0 unspecified atom stereocenters. The number of benzene rings is 1. The van der Waals surface area contributed by atoms with Crippen molar-refractivity contribution in [3.05, 3.63) is 34.9 Å². The van der Waals surface area contributed by atoms with Gasteiger partial charge in [0.2, 0.25) is 0 Å². The zero-order chi connectivity index (χ0) is 15.1. The second kappa shape index (κ2) is 7.82. The summed E-state index contributed by atoms with van der Waals surface area (Å²) in [4.78, 5) is 12.2. The van der Waals surface area contributed by atoms with Gasteiger partial charge < -0.3 is 5.11 Å². The van der Waals surface area contributed by atoms with Crippen LogP contribution in [0, 0.1) is 18.8 Å². The maximum Gasteiger partial charge on any atom is 0.265 e. The minimum absolute atomic E-state index is 0.0603. The SMILES string of the molecule is Cc1cc(C(=O)NN2CCCCC2)ccc1C#CCCO. The molecule has 2 rings (SSSR count). The minimum atomic E-state index is -0.0603. The first-order valence-corrected chi connectivity index (χ1v) is 7.47. The molecule has 1 aromatic rings. The van der Waals surface area contributed by atoms with Gasteiger partial charge in [0.1, 0.15) is 0 Å². The molecule has 0 radical (unpaired) electrons. The van der Waals surface area contributed by atoms with Gasteiger partial charge in [0.05, 0.1) is 6.61 Å². The van der Waals surface area contributed by atoms with E-state index in [1.54, 1.807) is 6.07 Å². The molecule has 1 aromatic carbocycles. The van der Waals surface area contributed by atoms with E-state index < -0.39 is 0 Å². The predicted molar refractivity (Wildman–Crippen MR) is 82.7 cm³/mol. The molecule has 0 bridgehead atoms. The van der Waals surface area contributed by atoms with Gasteiger partial charge in [0.15, 0.2) is 0 Å². The smallest absolute Gasteiger partial charge is 0.265 e. The van der Waals surface area contributed by atoms with Crippen molar-refractivity contribution in [3.63, 3.8) is 0 Å². The second-order valence-electron chi connectivity index (χ2n) is 5.29. The monoisotopic (exact) mass is 286 g/mol. The summed E-state index contributed by atoms with van der Waals surface area (Å²) in [7, 11) is 0. The number of nitrogens with one attached hydrogen (secondary N) is 1. The Labute approximate surface area is 126 Å². The third-order valence-electron chi connectivity index (χ3n) is 3.56. The summed E-state index contributed by atoms with van der Waals surface area (Å²) in [5.41, 5.74) is 5.50. The minimum Gasteiger partial charge on any atom is -0.395 e. The first kappa shape index (κ1) is 15.6. The molecule has 112 valence electrons. The van der Waals surface area contributed by atoms with Gasteiger partial charge in [-0.05, 0) is 43.5 Å². The van der Waals surface area contributed by atoms with Gasteiger partial charge in [-0.1, -0.05) is 18.3 Å². The number of hydrogen-bond acceptors (Lipinski definition) is 3. The molecule has 21 heavy (non-hydrogen) atoms. The highest BCUT2D eigenvalue weighted by molar-refractivity contribution is 5.94. The van der Waals surface area contributed by atoms with Crippen molar-refractivity contribution >= 4 is 5.91 Å². The fourth-order valence-corrected chi connectivity index (χ4v) is 2.37. The van der Waals surface area contributed by atoms with E-state index in [9.17, 15) is 4.79 Å². The lowest BCUT2D eigenvalue weighted by atomic mass is 10.0. The van der Waals surface area contributed by atoms with Crippen molar-refractivity contribution in [1.82, 2.24) is 10.4 Å². The molecule has 0 aromatic heterocycles. The summed E-state index contributed by atoms with van der Waals surface area (Å²) >= 11 is 0. The molecule has 0 atom stereocenters.